The highest BCUT2D eigenvalue weighted by Crippen LogP contribution is 2.34. The molecule has 1 N–H and O–H groups in total. The molecule has 0 bridgehead atoms. The fraction of sp³-hybridized carbons (Fsp3) is 0.846. The highest BCUT2D eigenvalue weighted by atomic mass is 14.9. The fourth-order valence-electron chi connectivity index (χ4n) is 2.92. The average Bonchev–Trinajstić information content (AvgIpc) is 2.18. The monoisotopic (exact) mass is 195 g/mol. The molecule has 1 heteroatoms. The van der Waals surface area contributed by atoms with Gasteiger partial charge in [-0.1, -0.05) is 31.9 Å². The second-order valence-electron chi connectivity index (χ2n) is 4.77. The molecule has 1 saturated heterocycles. The zero-order valence-corrected chi connectivity index (χ0v) is 10.3. The molecule has 0 aliphatic carbocycles. The summed E-state index contributed by atoms with van der Waals surface area (Å²) >= 11 is 0. The van der Waals surface area contributed by atoms with E-state index >= 15 is 0 Å². The first-order valence-electron chi connectivity index (χ1n) is 5.98. The van der Waals surface area contributed by atoms with Crippen LogP contribution < -0.4 is 5.32 Å². The first kappa shape index (κ1) is 11.8. The summed E-state index contributed by atoms with van der Waals surface area (Å²) in [5.41, 5.74) is 1.55. The van der Waals surface area contributed by atoms with E-state index < -0.39 is 0 Å². The lowest BCUT2D eigenvalue weighted by Gasteiger charge is -2.41. The van der Waals surface area contributed by atoms with Crippen molar-refractivity contribution in [3.8, 4) is 0 Å². The number of allylic oxidation sites excluding steroid dienone is 1. The number of rotatable bonds is 2. The predicted molar refractivity (Wildman–Crippen MR) is 63.3 cm³/mol. The van der Waals surface area contributed by atoms with Crippen molar-refractivity contribution in [3.05, 3.63) is 11.6 Å². The largest absolute Gasteiger partial charge is 0.313 e. The molecule has 0 aromatic rings. The summed E-state index contributed by atoms with van der Waals surface area (Å²) in [4.78, 5) is 0. The van der Waals surface area contributed by atoms with Crippen molar-refractivity contribution in [1.29, 1.82) is 0 Å². The maximum absolute atomic E-state index is 3.64. The molecule has 82 valence electrons. The van der Waals surface area contributed by atoms with E-state index in [-0.39, 0.29) is 0 Å². The minimum Gasteiger partial charge on any atom is -0.313 e. The molecule has 1 aliphatic rings. The third kappa shape index (κ3) is 2.20. The Bertz CT molecular complexity index is 207. The first-order chi connectivity index (χ1) is 6.61. The Balaban J connectivity index is 2.73. The van der Waals surface area contributed by atoms with Crippen molar-refractivity contribution in [2.45, 2.75) is 47.1 Å². The third-order valence-electron chi connectivity index (χ3n) is 4.12. The maximum atomic E-state index is 3.64. The van der Waals surface area contributed by atoms with Gasteiger partial charge in [-0.05, 0) is 38.5 Å². The standard InChI is InChI=1S/C13H25N/c1-6-9(3)13-8-14-11(5)12(7-2)10(13)4/h6,10-14H,7-8H2,1-5H3/b9-6-. The van der Waals surface area contributed by atoms with E-state index in [9.17, 15) is 0 Å². The van der Waals surface area contributed by atoms with E-state index in [1.165, 1.54) is 6.42 Å². The molecular weight excluding hydrogens is 170 g/mol. The lowest BCUT2D eigenvalue weighted by molar-refractivity contribution is 0.159. The molecule has 1 fully saturated rings. The van der Waals surface area contributed by atoms with E-state index in [0.717, 1.165) is 24.3 Å². The molecule has 0 aromatic heterocycles. The van der Waals surface area contributed by atoms with Crippen LogP contribution in [0.5, 0.6) is 0 Å². The van der Waals surface area contributed by atoms with Crippen molar-refractivity contribution in [1.82, 2.24) is 5.32 Å². The first-order valence-corrected chi connectivity index (χ1v) is 5.98. The van der Waals surface area contributed by atoms with Crippen LogP contribution >= 0.6 is 0 Å². The summed E-state index contributed by atoms with van der Waals surface area (Å²) in [5, 5.41) is 3.64. The van der Waals surface area contributed by atoms with Crippen LogP contribution in [0.15, 0.2) is 11.6 Å². The molecule has 1 rings (SSSR count). The van der Waals surface area contributed by atoms with Gasteiger partial charge in [-0.25, -0.2) is 0 Å². The summed E-state index contributed by atoms with van der Waals surface area (Å²) in [6.07, 6.45) is 3.56. The van der Waals surface area contributed by atoms with Gasteiger partial charge in [-0.3, -0.25) is 0 Å². The average molecular weight is 195 g/mol. The van der Waals surface area contributed by atoms with Gasteiger partial charge in [-0.2, -0.15) is 0 Å². The maximum Gasteiger partial charge on any atom is 0.00699 e. The molecule has 1 nitrogen and oxygen atoms in total. The van der Waals surface area contributed by atoms with Crippen LogP contribution in [0.25, 0.3) is 0 Å². The molecule has 0 aromatic carbocycles. The molecule has 0 amide bonds. The number of hydrogen-bond donors (Lipinski definition) is 1. The van der Waals surface area contributed by atoms with Crippen molar-refractivity contribution >= 4 is 0 Å². The van der Waals surface area contributed by atoms with Gasteiger partial charge in [0.15, 0.2) is 0 Å². The van der Waals surface area contributed by atoms with Crippen LogP contribution in [0, 0.1) is 17.8 Å². The lowest BCUT2D eigenvalue weighted by Crippen LogP contribution is -2.48. The Kier molecular flexibility index (Phi) is 4.18. The van der Waals surface area contributed by atoms with Gasteiger partial charge >= 0.3 is 0 Å². The van der Waals surface area contributed by atoms with Gasteiger partial charge in [0.25, 0.3) is 0 Å². The van der Waals surface area contributed by atoms with E-state index in [4.69, 9.17) is 0 Å². The Morgan fingerprint density at radius 1 is 1.43 bits per heavy atom. The summed E-state index contributed by atoms with van der Waals surface area (Å²) in [5.74, 6) is 2.41. The van der Waals surface area contributed by atoms with E-state index in [0.29, 0.717) is 6.04 Å². The summed E-state index contributed by atoms with van der Waals surface area (Å²) < 4.78 is 0. The Morgan fingerprint density at radius 3 is 2.57 bits per heavy atom. The van der Waals surface area contributed by atoms with Crippen LogP contribution in [-0.2, 0) is 0 Å². The van der Waals surface area contributed by atoms with Gasteiger partial charge < -0.3 is 5.32 Å². The quantitative estimate of drug-likeness (QED) is 0.667. The number of piperidine rings is 1. The number of hydrogen-bond acceptors (Lipinski definition) is 1. The van der Waals surface area contributed by atoms with Crippen molar-refractivity contribution in [2.24, 2.45) is 17.8 Å². The van der Waals surface area contributed by atoms with Crippen LogP contribution in [0.3, 0.4) is 0 Å². The van der Waals surface area contributed by atoms with Crippen LogP contribution in [0.4, 0.5) is 0 Å². The highest BCUT2D eigenvalue weighted by molar-refractivity contribution is 5.07. The SMILES string of the molecule is C/C=C(/C)C1CNC(C)C(CC)C1C. The van der Waals surface area contributed by atoms with Crippen molar-refractivity contribution < 1.29 is 0 Å². The molecule has 0 spiro atoms. The second kappa shape index (κ2) is 4.97. The summed E-state index contributed by atoms with van der Waals surface area (Å²) in [7, 11) is 0. The summed E-state index contributed by atoms with van der Waals surface area (Å²) in [6.45, 7) is 12.6. The number of nitrogens with one attached hydrogen (secondary N) is 1. The molecule has 4 unspecified atom stereocenters. The minimum atomic E-state index is 0.691. The predicted octanol–water partition coefficient (Wildman–Crippen LogP) is 3.22. The Hall–Kier alpha value is -0.300. The van der Waals surface area contributed by atoms with E-state index in [2.05, 4.69) is 46.0 Å². The van der Waals surface area contributed by atoms with Crippen molar-refractivity contribution in [3.63, 3.8) is 0 Å². The van der Waals surface area contributed by atoms with Gasteiger partial charge in [0, 0.05) is 12.6 Å². The molecule has 1 heterocycles. The molecule has 14 heavy (non-hydrogen) atoms. The lowest BCUT2D eigenvalue weighted by atomic mass is 9.72. The second-order valence-corrected chi connectivity index (χ2v) is 4.77. The van der Waals surface area contributed by atoms with Gasteiger partial charge in [0.05, 0.1) is 0 Å². The van der Waals surface area contributed by atoms with Crippen molar-refractivity contribution in [2.75, 3.05) is 6.54 Å². The zero-order valence-electron chi connectivity index (χ0n) is 10.3. The molecule has 0 saturated carbocycles. The van der Waals surface area contributed by atoms with Crippen LogP contribution in [-0.4, -0.2) is 12.6 Å². The third-order valence-corrected chi connectivity index (χ3v) is 4.12. The molecule has 0 radical (unpaired) electrons. The van der Waals surface area contributed by atoms with Crippen LogP contribution in [0.2, 0.25) is 0 Å². The molecule has 4 atom stereocenters. The summed E-state index contributed by atoms with van der Waals surface area (Å²) in [6, 6.07) is 0.691. The van der Waals surface area contributed by atoms with Crippen LogP contribution in [0.1, 0.15) is 41.0 Å². The minimum absolute atomic E-state index is 0.691. The van der Waals surface area contributed by atoms with E-state index in [1.54, 1.807) is 5.57 Å². The Morgan fingerprint density at radius 2 is 2.07 bits per heavy atom. The van der Waals surface area contributed by atoms with Gasteiger partial charge in [0.2, 0.25) is 0 Å². The smallest absolute Gasteiger partial charge is 0.00699 e. The van der Waals surface area contributed by atoms with E-state index in [1.807, 2.05) is 0 Å². The zero-order chi connectivity index (χ0) is 10.7. The normalized spacial score (nSPS) is 39.9. The van der Waals surface area contributed by atoms with Gasteiger partial charge in [0.1, 0.15) is 0 Å². The molecule has 1 aliphatic heterocycles. The highest BCUT2D eigenvalue weighted by Gasteiger charge is 2.33. The topological polar surface area (TPSA) is 12.0 Å². The Labute approximate surface area is 89.0 Å². The molecular formula is C13H25N. The fourth-order valence-corrected chi connectivity index (χ4v) is 2.92. The van der Waals surface area contributed by atoms with Gasteiger partial charge in [-0.15, -0.1) is 0 Å².